The van der Waals surface area contributed by atoms with E-state index in [1.807, 2.05) is 17.9 Å². The van der Waals surface area contributed by atoms with Crippen LogP contribution in [0.4, 0.5) is 0 Å². The molecule has 168 valence electrons. The zero-order valence-corrected chi connectivity index (χ0v) is 18.4. The lowest BCUT2D eigenvalue weighted by Gasteiger charge is -2.39. The van der Waals surface area contributed by atoms with Crippen molar-refractivity contribution in [3.8, 4) is 11.5 Å². The smallest absolute Gasteiger partial charge is 0.261 e. The standard InChI is InChI=1S/C22H35N3O5/c1-4-17(26)14-24-12-13-30-18(16-24)15-23-8-10-25(11-9-23)22(27)21-19(28-2)6-5-7-20(21)29-3/h5-7,17-18,26H,4,8-16H2,1-3H3. The van der Waals surface area contributed by atoms with E-state index in [0.717, 1.165) is 39.1 Å². The number of morpholine rings is 1. The Labute approximate surface area is 179 Å². The molecule has 8 nitrogen and oxygen atoms in total. The number of nitrogens with zero attached hydrogens (tertiary/aromatic N) is 3. The minimum Gasteiger partial charge on any atom is -0.496 e. The fourth-order valence-corrected chi connectivity index (χ4v) is 4.13. The number of ether oxygens (including phenoxy) is 3. The lowest BCUT2D eigenvalue weighted by molar-refractivity contribution is -0.0565. The number of benzene rings is 1. The molecule has 30 heavy (non-hydrogen) atoms. The second-order valence-corrected chi connectivity index (χ2v) is 7.94. The third-order valence-corrected chi connectivity index (χ3v) is 5.93. The van der Waals surface area contributed by atoms with Gasteiger partial charge in [0.15, 0.2) is 0 Å². The summed E-state index contributed by atoms with van der Waals surface area (Å²) < 4.78 is 16.7. The molecule has 2 unspecified atom stereocenters. The first kappa shape index (κ1) is 22.8. The molecule has 1 N–H and O–H groups in total. The van der Waals surface area contributed by atoms with Crippen LogP contribution in [-0.2, 0) is 4.74 Å². The van der Waals surface area contributed by atoms with Gasteiger partial charge in [0.05, 0.1) is 33.0 Å². The maximum Gasteiger partial charge on any atom is 0.261 e. The SMILES string of the molecule is CCC(O)CN1CCOC(CN2CCN(C(=O)c3c(OC)cccc3OC)CC2)C1. The van der Waals surface area contributed by atoms with Crippen LogP contribution in [-0.4, -0.2) is 111 Å². The highest BCUT2D eigenvalue weighted by Crippen LogP contribution is 2.29. The van der Waals surface area contributed by atoms with E-state index in [0.29, 0.717) is 43.3 Å². The molecule has 1 aromatic rings. The fourth-order valence-electron chi connectivity index (χ4n) is 4.13. The molecular weight excluding hydrogens is 386 g/mol. The summed E-state index contributed by atoms with van der Waals surface area (Å²) in [6, 6.07) is 5.39. The van der Waals surface area contributed by atoms with Crippen molar-refractivity contribution in [1.29, 1.82) is 0 Å². The molecule has 2 fully saturated rings. The van der Waals surface area contributed by atoms with Crippen molar-refractivity contribution < 1.29 is 24.1 Å². The predicted molar refractivity (Wildman–Crippen MR) is 114 cm³/mol. The first-order chi connectivity index (χ1) is 14.5. The molecule has 0 spiro atoms. The van der Waals surface area contributed by atoms with E-state index in [2.05, 4.69) is 9.80 Å². The minimum atomic E-state index is -0.273. The maximum absolute atomic E-state index is 13.1. The summed E-state index contributed by atoms with van der Waals surface area (Å²) >= 11 is 0. The number of amides is 1. The number of aliphatic hydroxyl groups excluding tert-OH is 1. The van der Waals surface area contributed by atoms with Gasteiger partial charge in [-0.25, -0.2) is 0 Å². The molecule has 2 saturated heterocycles. The van der Waals surface area contributed by atoms with Crippen LogP contribution in [0.3, 0.4) is 0 Å². The predicted octanol–water partition coefficient (Wildman–Crippen LogP) is 0.933. The Bertz CT molecular complexity index is 671. The van der Waals surface area contributed by atoms with E-state index in [9.17, 15) is 9.90 Å². The summed E-state index contributed by atoms with van der Waals surface area (Å²) in [7, 11) is 3.13. The maximum atomic E-state index is 13.1. The summed E-state index contributed by atoms with van der Waals surface area (Å²) in [6.45, 7) is 8.90. The number of methoxy groups -OCH3 is 2. The number of carbonyl (C=O) groups excluding carboxylic acids is 1. The third kappa shape index (κ3) is 5.63. The van der Waals surface area contributed by atoms with Gasteiger partial charge < -0.3 is 24.2 Å². The Morgan fingerprint density at radius 1 is 1.13 bits per heavy atom. The van der Waals surface area contributed by atoms with Gasteiger partial charge in [0, 0.05) is 52.4 Å². The van der Waals surface area contributed by atoms with E-state index in [1.165, 1.54) is 0 Å². The van der Waals surface area contributed by atoms with E-state index in [1.54, 1.807) is 26.4 Å². The molecule has 0 saturated carbocycles. The molecule has 8 heteroatoms. The Kier molecular flexibility index (Phi) is 8.32. The van der Waals surface area contributed by atoms with E-state index in [-0.39, 0.29) is 18.1 Å². The first-order valence-corrected chi connectivity index (χ1v) is 10.8. The van der Waals surface area contributed by atoms with Gasteiger partial charge in [-0.3, -0.25) is 14.6 Å². The van der Waals surface area contributed by atoms with Crippen LogP contribution in [0.2, 0.25) is 0 Å². The largest absolute Gasteiger partial charge is 0.496 e. The van der Waals surface area contributed by atoms with Gasteiger partial charge in [0.1, 0.15) is 17.1 Å². The van der Waals surface area contributed by atoms with Crippen LogP contribution in [0.5, 0.6) is 11.5 Å². The van der Waals surface area contributed by atoms with Gasteiger partial charge in [-0.05, 0) is 18.6 Å². The zero-order chi connectivity index (χ0) is 21.5. The molecular formula is C22H35N3O5. The highest BCUT2D eigenvalue weighted by molar-refractivity contribution is 5.99. The number of piperazine rings is 1. The van der Waals surface area contributed by atoms with Crippen LogP contribution in [0.15, 0.2) is 18.2 Å². The lowest BCUT2D eigenvalue weighted by atomic mass is 10.1. The van der Waals surface area contributed by atoms with Gasteiger partial charge in [-0.2, -0.15) is 0 Å². The number of hydrogen-bond acceptors (Lipinski definition) is 7. The number of carbonyl (C=O) groups is 1. The molecule has 2 aliphatic heterocycles. The molecule has 1 amide bonds. The van der Waals surface area contributed by atoms with Crippen molar-refractivity contribution in [3.63, 3.8) is 0 Å². The average Bonchev–Trinajstić information content (AvgIpc) is 2.78. The van der Waals surface area contributed by atoms with Crippen molar-refractivity contribution in [1.82, 2.24) is 14.7 Å². The number of hydrogen-bond donors (Lipinski definition) is 1. The Hall–Kier alpha value is -1.87. The number of rotatable bonds is 8. The summed E-state index contributed by atoms with van der Waals surface area (Å²) in [5, 5.41) is 9.92. The van der Waals surface area contributed by atoms with Crippen molar-refractivity contribution in [2.75, 3.05) is 73.2 Å². The topological polar surface area (TPSA) is 74.7 Å². The van der Waals surface area contributed by atoms with Crippen LogP contribution in [0, 0.1) is 0 Å². The lowest BCUT2D eigenvalue weighted by Crippen LogP contribution is -2.54. The van der Waals surface area contributed by atoms with Gasteiger partial charge in [-0.15, -0.1) is 0 Å². The van der Waals surface area contributed by atoms with E-state index < -0.39 is 0 Å². The summed E-state index contributed by atoms with van der Waals surface area (Å²) in [5.41, 5.74) is 0.483. The van der Waals surface area contributed by atoms with Crippen LogP contribution >= 0.6 is 0 Å². The van der Waals surface area contributed by atoms with Crippen LogP contribution in [0.1, 0.15) is 23.7 Å². The number of aliphatic hydroxyl groups is 1. The molecule has 3 rings (SSSR count). The third-order valence-electron chi connectivity index (χ3n) is 5.93. The summed E-state index contributed by atoms with van der Waals surface area (Å²) in [5.74, 6) is 1.01. The molecule has 0 radical (unpaired) electrons. The van der Waals surface area contributed by atoms with Crippen molar-refractivity contribution in [3.05, 3.63) is 23.8 Å². The molecule has 0 bridgehead atoms. The Morgan fingerprint density at radius 3 is 2.40 bits per heavy atom. The quantitative estimate of drug-likeness (QED) is 0.669. The molecule has 2 heterocycles. The normalized spacial score (nSPS) is 22.0. The fraction of sp³-hybridized carbons (Fsp3) is 0.682. The first-order valence-electron chi connectivity index (χ1n) is 10.8. The Balaban J connectivity index is 1.52. The zero-order valence-electron chi connectivity index (χ0n) is 18.4. The second-order valence-electron chi connectivity index (χ2n) is 7.94. The van der Waals surface area contributed by atoms with E-state index >= 15 is 0 Å². The molecule has 0 aliphatic carbocycles. The van der Waals surface area contributed by atoms with Gasteiger partial charge in [0.25, 0.3) is 5.91 Å². The molecule has 1 aromatic carbocycles. The Morgan fingerprint density at radius 2 is 1.80 bits per heavy atom. The van der Waals surface area contributed by atoms with Crippen LogP contribution < -0.4 is 9.47 Å². The highest BCUT2D eigenvalue weighted by Gasteiger charge is 2.29. The van der Waals surface area contributed by atoms with Crippen molar-refractivity contribution >= 4 is 5.91 Å². The minimum absolute atomic E-state index is 0.0578. The molecule has 2 atom stereocenters. The van der Waals surface area contributed by atoms with Gasteiger partial charge in [-0.1, -0.05) is 13.0 Å². The van der Waals surface area contributed by atoms with Crippen molar-refractivity contribution in [2.24, 2.45) is 0 Å². The average molecular weight is 422 g/mol. The van der Waals surface area contributed by atoms with Gasteiger partial charge >= 0.3 is 0 Å². The van der Waals surface area contributed by atoms with E-state index in [4.69, 9.17) is 14.2 Å². The summed E-state index contributed by atoms with van der Waals surface area (Å²) in [6.07, 6.45) is 0.638. The monoisotopic (exact) mass is 421 g/mol. The highest BCUT2D eigenvalue weighted by atomic mass is 16.5. The molecule has 0 aromatic heterocycles. The molecule has 2 aliphatic rings. The van der Waals surface area contributed by atoms with Crippen LogP contribution in [0.25, 0.3) is 0 Å². The van der Waals surface area contributed by atoms with Crippen molar-refractivity contribution in [2.45, 2.75) is 25.6 Å². The second kappa shape index (κ2) is 10.9. The van der Waals surface area contributed by atoms with Gasteiger partial charge in [0.2, 0.25) is 0 Å². The summed E-state index contributed by atoms with van der Waals surface area (Å²) in [4.78, 5) is 19.6. The number of β-amino-alcohol motifs (C(OH)–C–C–N with tert-alkyl or cyclic N) is 1.